The molecular weight excluding hydrogens is 382 g/mol. The molecular formula is C22H20FeP2. The van der Waals surface area contributed by atoms with Gasteiger partial charge < -0.3 is 0 Å². The fourth-order valence-corrected chi connectivity index (χ4v) is 118. The van der Waals surface area contributed by atoms with Crippen molar-refractivity contribution in [1.82, 2.24) is 0 Å². The van der Waals surface area contributed by atoms with E-state index in [2.05, 4.69) is 60.7 Å². The fourth-order valence-electron chi connectivity index (χ4n) is 18.7. The molecule has 12 rings (SSSR count). The van der Waals surface area contributed by atoms with Crippen molar-refractivity contribution in [3.05, 3.63) is 60.7 Å². The average Bonchev–Trinajstić information content (AvgIpc) is 3.60. The van der Waals surface area contributed by atoms with Crippen molar-refractivity contribution >= 4 is 27.8 Å². The summed E-state index contributed by atoms with van der Waals surface area (Å²) in [6, 6.07) is 23.5. The third kappa shape index (κ3) is 0.179. The van der Waals surface area contributed by atoms with Gasteiger partial charge in [0.05, 0.1) is 0 Å². The number of rotatable bonds is 4. The summed E-state index contributed by atoms with van der Waals surface area (Å²) in [5, 5.41) is 3.46. The molecule has 10 aliphatic heterocycles. The molecule has 0 bridgehead atoms. The first-order valence-electron chi connectivity index (χ1n) is 9.96. The van der Waals surface area contributed by atoms with E-state index in [1.165, 1.54) is 55.7 Å². The SMILES string of the molecule is c1ccc(P[C]23[CH]4[CH]5[CH]6[CH]2[Fe]56432789[CH]3[CH]2[CH]7[C]8(Pc2ccccc2)[CH]39)cc1. The Morgan fingerprint density at radius 2 is 0.920 bits per heavy atom. The first kappa shape index (κ1) is 11.0. The minimum absolute atomic E-state index is 1.03. The van der Waals surface area contributed by atoms with Crippen molar-refractivity contribution in [2.24, 2.45) is 0 Å². The summed E-state index contributed by atoms with van der Waals surface area (Å²) in [5.41, 5.74) is 0. The number of benzene rings is 2. The van der Waals surface area contributed by atoms with E-state index in [0.29, 0.717) is 0 Å². The second kappa shape index (κ2) is 1.27. The molecule has 25 heavy (non-hydrogen) atoms. The van der Waals surface area contributed by atoms with E-state index in [-0.39, 0.29) is 0 Å². The molecule has 10 heterocycles. The van der Waals surface area contributed by atoms with Crippen LogP contribution < -0.4 is 10.6 Å². The Kier molecular flexibility index (Phi) is 0.558. The van der Waals surface area contributed by atoms with Crippen molar-refractivity contribution in [3.63, 3.8) is 0 Å². The molecule has 2 aromatic carbocycles. The van der Waals surface area contributed by atoms with Crippen LogP contribution in [0.3, 0.4) is 0 Å². The van der Waals surface area contributed by atoms with Crippen LogP contribution in [-0.2, 0) is 6.51 Å². The topological polar surface area (TPSA) is 0 Å². The summed E-state index contributed by atoms with van der Waals surface area (Å²) < 4.78 is 2.05. The maximum atomic E-state index is 2.47. The van der Waals surface area contributed by atoms with Crippen LogP contribution in [-0.4, -0.2) is 8.11 Å². The van der Waals surface area contributed by atoms with Gasteiger partial charge >= 0.3 is 142 Å². The molecule has 0 radical (unpaired) electrons. The molecule has 10 saturated heterocycles. The van der Waals surface area contributed by atoms with Crippen LogP contribution in [0.25, 0.3) is 0 Å². The standard InChI is InChI=1S/2C11H10P.Fe/c2*1-2-6-10(7-3-1)12-11-8-4-5-9-11;/h2*1-9,12H;. The molecule has 0 aromatic heterocycles. The molecule has 10 atom stereocenters. The van der Waals surface area contributed by atoms with Gasteiger partial charge in [0.15, 0.2) is 0 Å². The zero-order chi connectivity index (χ0) is 15.6. The molecule has 3 heteroatoms. The van der Waals surface area contributed by atoms with Crippen LogP contribution in [0, 0.1) is 0 Å². The van der Waals surface area contributed by atoms with Crippen LogP contribution in [0.1, 0.15) is 0 Å². The summed E-state index contributed by atoms with van der Waals surface area (Å²) in [4.78, 5) is 11.3. The quantitative estimate of drug-likeness (QED) is 0.487. The molecule has 1 spiro atoms. The van der Waals surface area contributed by atoms with Crippen molar-refractivity contribution in [3.8, 4) is 0 Å². The van der Waals surface area contributed by atoms with Crippen LogP contribution in [0.2, 0.25) is 38.5 Å². The predicted octanol–water partition coefficient (Wildman–Crippen LogP) is 5.20. The summed E-state index contributed by atoms with van der Waals surface area (Å²) in [6.45, 7) is -3.18. The van der Waals surface area contributed by atoms with Crippen LogP contribution in [0.15, 0.2) is 60.7 Å². The van der Waals surface area contributed by atoms with Gasteiger partial charge in [0.25, 0.3) is 0 Å². The Labute approximate surface area is 141 Å². The number of fused-ring (bicyclic) bond motifs is 10. The average molecular weight is 402 g/mol. The minimum atomic E-state index is -3.18. The monoisotopic (exact) mass is 402 g/mol. The van der Waals surface area contributed by atoms with Gasteiger partial charge in [-0.1, -0.05) is 0 Å². The van der Waals surface area contributed by atoms with Crippen LogP contribution in [0.5, 0.6) is 0 Å². The van der Waals surface area contributed by atoms with E-state index in [1.54, 1.807) is 10.6 Å². The molecule has 0 aliphatic carbocycles. The Bertz CT molecular complexity index is 1370. The van der Waals surface area contributed by atoms with Crippen LogP contribution in [0.4, 0.5) is 0 Å². The van der Waals surface area contributed by atoms with E-state index >= 15 is 0 Å². The van der Waals surface area contributed by atoms with Gasteiger partial charge in [0, 0.05) is 0 Å². The van der Waals surface area contributed by atoms with Gasteiger partial charge in [0.2, 0.25) is 0 Å². The Morgan fingerprint density at radius 3 is 1.24 bits per heavy atom. The second-order valence-corrected chi connectivity index (χ2v) is 40.2. The predicted molar refractivity (Wildman–Crippen MR) is 104 cm³/mol. The second-order valence-electron chi connectivity index (χ2n) is 12.8. The fraction of sp³-hybridized carbons (Fsp3) is 0.455. The molecule has 0 saturated carbocycles. The van der Waals surface area contributed by atoms with Crippen molar-refractivity contribution < 1.29 is 6.51 Å². The van der Waals surface area contributed by atoms with Crippen molar-refractivity contribution in [2.75, 3.05) is 0 Å². The number of hydrogen-bond acceptors (Lipinski definition) is 0. The van der Waals surface area contributed by atoms with E-state index in [1.807, 2.05) is 0 Å². The Morgan fingerprint density at radius 1 is 0.560 bits per heavy atom. The molecule has 126 valence electrons. The van der Waals surface area contributed by atoms with Gasteiger partial charge in [0.1, 0.15) is 0 Å². The molecule has 0 amide bonds. The summed E-state index contributed by atoms with van der Waals surface area (Å²) in [7, 11) is 2.44. The first-order valence-corrected chi connectivity index (χ1v) is 18.2. The van der Waals surface area contributed by atoms with Gasteiger partial charge in [-0.3, -0.25) is 0 Å². The van der Waals surface area contributed by atoms with Gasteiger partial charge in [-0.05, 0) is 0 Å². The normalized spacial score (nSPS) is 88.5. The van der Waals surface area contributed by atoms with E-state index < -0.39 is 6.51 Å². The molecule has 10 unspecified atom stereocenters. The van der Waals surface area contributed by atoms with E-state index in [4.69, 9.17) is 0 Å². The number of hydrogen-bond donors (Lipinski definition) is 0. The molecule has 0 nitrogen and oxygen atoms in total. The molecule has 0 N–H and O–H groups in total. The van der Waals surface area contributed by atoms with E-state index in [9.17, 15) is 0 Å². The van der Waals surface area contributed by atoms with Crippen LogP contribution >= 0.6 is 17.2 Å². The zero-order valence-corrected chi connectivity index (χ0v) is 16.9. The summed E-state index contributed by atoms with van der Waals surface area (Å²) in [5.74, 6) is 0. The van der Waals surface area contributed by atoms with Gasteiger partial charge in [-0.15, -0.1) is 0 Å². The van der Waals surface area contributed by atoms with Gasteiger partial charge in [-0.25, -0.2) is 0 Å². The van der Waals surface area contributed by atoms with Crippen molar-refractivity contribution in [1.29, 1.82) is 0 Å². The zero-order valence-electron chi connectivity index (χ0n) is 13.7. The first-order chi connectivity index (χ1) is 12.1. The molecule has 10 fully saturated rings. The molecule has 2 aromatic rings. The van der Waals surface area contributed by atoms with Crippen molar-refractivity contribution in [2.45, 2.75) is 46.6 Å². The van der Waals surface area contributed by atoms with E-state index in [0.717, 1.165) is 8.11 Å². The Balaban J connectivity index is 1.20. The summed E-state index contributed by atoms with van der Waals surface area (Å²) in [6.07, 6.45) is 0. The third-order valence-electron chi connectivity index (χ3n) is 17.0. The third-order valence-corrected chi connectivity index (χ3v) is 71.8. The summed E-state index contributed by atoms with van der Waals surface area (Å²) >= 11 is 0. The molecule has 10 aliphatic rings. The Hall–Kier alpha value is -0.181. The van der Waals surface area contributed by atoms with Gasteiger partial charge in [-0.2, -0.15) is 0 Å². The maximum absolute atomic E-state index is 3.18.